The van der Waals surface area contributed by atoms with Crippen molar-refractivity contribution < 1.29 is 9.53 Å². The highest BCUT2D eigenvalue weighted by Crippen LogP contribution is 2.30. The van der Waals surface area contributed by atoms with Crippen molar-refractivity contribution in [1.82, 2.24) is 10.2 Å². The van der Waals surface area contributed by atoms with Gasteiger partial charge in [0, 0.05) is 5.02 Å². The molecule has 5 nitrogen and oxygen atoms in total. The van der Waals surface area contributed by atoms with E-state index in [1.807, 2.05) is 0 Å². The largest absolute Gasteiger partial charge is 0.465 e. The maximum Gasteiger partial charge on any atom is 0.337 e. The van der Waals surface area contributed by atoms with Crippen molar-refractivity contribution in [3.63, 3.8) is 0 Å². The number of benzene rings is 1. The number of methoxy groups -OCH3 is 1. The molecule has 0 radical (unpaired) electrons. The zero-order chi connectivity index (χ0) is 15.4. The van der Waals surface area contributed by atoms with Crippen LogP contribution in [0.4, 0.5) is 0 Å². The molecular weight excluding hydrogens is 313 g/mol. The Morgan fingerprint density at radius 2 is 2.05 bits per heavy atom. The van der Waals surface area contributed by atoms with Crippen molar-refractivity contribution in [2.75, 3.05) is 7.11 Å². The minimum Gasteiger partial charge on any atom is -0.465 e. The Morgan fingerprint density at radius 1 is 1.29 bits per heavy atom. The maximum atomic E-state index is 11.6. The van der Waals surface area contributed by atoms with E-state index in [9.17, 15) is 10.1 Å². The number of nitriles is 1. The SMILES string of the molecule is COC(=O)c1ccc(Cl)c(C(C#N)c2ccc(Cl)nn2)c1. The Kier molecular flexibility index (Phi) is 4.73. The lowest BCUT2D eigenvalue weighted by molar-refractivity contribution is 0.0600. The molecule has 2 aromatic rings. The second-order valence-corrected chi connectivity index (χ2v) is 4.87. The van der Waals surface area contributed by atoms with E-state index in [4.69, 9.17) is 23.2 Å². The fraction of sp³-hybridized carbons (Fsp3) is 0.143. The van der Waals surface area contributed by atoms with E-state index in [1.165, 1.54) is 31.4 Å². The molecule has 0 saturated carbocycles. The van der Waals surface area contributed by atoms with Crippen molar-refractivity contribution in [3.8, 4) is 6.07 Å². The molecule has 1 unspecified atom stereocenters. The number of carbonyl (C=O) groups excluding carboxylic acids is 1. The van der Waals surface area contributed by atoms with Gasteiger partial charge in [0.1, 0.15) is 5.92 Å². The van der Waals surface area contributed by atoms with Crippen LogP contribution in [0.25, 0.3) is 0 Å². The third-order valence-corrected chi connectivity index (χ3v) is 3.35. The summed E-state index contributed by atoms with van der Waals surface area (Å²) < 4.78 is 4.66. The molecule has 0 N–H and O–H groups in total. The van der Waals surface area contributed by atoms with Gasteiger partial charge >= 0.3 is 5.97 Å². The molecule has 0 saturated heterocycles. The fourth-order valence-corrected chi connectivity index (χ4v) is 2.11. The van der Waals surface area contributed by atoms with E-state index in [2.05, 4.69) is 21.0 Å². The van der Waals surface area contributed by atoms with Crippen LogP contribution in [0.3, 0.4) is 0 Å². The van der Waals surface area contributed by atoms with Crippen molar-refractivity contribution in [3.05, 3.63) is 57.3 Å². The number of rotatable bonds is 3. The fourth-order valence-electron chi connectivity index (χ4n) is 1.79. The number of ether oxygens (including phenoxy) is 1. The monoisotopic (exact) mass is 321 g/mol. The van der Waals surface area contributed by atoms with E-state index in [-0.39, 0.29) is 5.15 Å². The molecule has 0 spiro atoms. The van der Waals surface area contributed by atoms with E-state index in [0.717, 1.165) is 0 Å². The first-order valence-corrected chi connectivity index (χ1v) is 6.59. The summed E-state index contributed by atoms with van der Waals surface area (Å²) in [7, 11) is 1.28. The van der Waals surface area contributed by atoms with Gasteiger partial charge in [0.15, 0.2) is 5.15 Å². The van der Waals surface area contributed by atoms with E-state index in [0.29, 0.717) is 21.8 Å². The molecule has 0 aliphatic carbocycles. The maximum absolute atomic E-state index is 11.6. The summed E-state index contributed by atoms with van der Waals surface area (Å²) in [5.41, 5.74) is 1.16. The number of hydrogen-bond donors (Lipinski definition) is 0. The second kappa shape index (κ2) is 6.53. The zero-order valence-corrected chi connectivity index (χ0v) is 12.4. The average Bonchev–Trinajstić information content (AvgIpc) is 2.50. The van der Waals surface area contributed by atoms with Crippen LogP contribution >= 0.6 is 23.2 Å². The van der Waals surface area contributed by atoms with Crippen LogP contribution in [0.5, 0.6) is 0 Å². The van der Waals surface area contributed by atoms with Gasteiger partial charge in [0.25, 0.3) is 0 Å². The van der Waals surface area contributed by atoms with Crippen LogP contribution < -0.4 is 0 Å². The summed E-state index contributed by atoms with van der Waals surface area (Å²) >= 11 is 11.8. The molecule has 2 rings (SSSR count). The van der Waals surface area contributed by atoms with Crippen LogP contribution in [0.1, 0.15) is 27.5 Å². The highest BCUT2D eigenvalue weighted by Gasteiger charge is 2.20. The summed E-state index contributed by atoms with van der Waals surface area (Å²) in [6.45, 7) is 0. The van der Waals surface area contributed by atoms with Crippen LogP contribution in [-0.4, -0.2) is 23.3 Å². The molecule has 0 fully saturated rings. The summed E-state index contributed by atoms with van der Waals surface area (Å²) in [6.07, 6.45) is 0. The minimum atomic E-state index is -0.758. The normalized spacial score (nSPS) is 11.5. The predicted molar refractivity (Wildman–Crippen MR) is 77.3 cm³/mol. The lowest BCUT2D eigenvalue weighted by atomic mass is 9.95. The van der Waals surface area contributed by atoms with Crippen molar-refractivity contribution in [1.29, 1.82) is 5.26 Å². The van der Waals surface area contributed by atoms with Crippen LogP contribution in [0, 0.1) is 11.3 Å². The van der Waals surface area contributed by atoms with Gasteiger partial charge in [-0.25, -0.2) is 4.79 Å². The van der Waals surface area contributed by atoms with Gasteiger partial charge in [-0.2, -0.15) is 10.4 Å². The summed E-state index contributed by atoms with van der Waals surface area (Å²) in [4.78, 5) is 11.6. The lowest BCUT2D eigenvalue weighted by Crippen LogP contribution is -2.07. The quantitative estimate of drug-likeness (QED) is 0.811. The topological polar surface area (TPSA) is 75.9 Å². The average molecular weight is 322 g/mol. The zero-order valence-electron chi connectivity index (χ0n) is 10.9. The Morgan fingerprint density at radius 3 is 2.62 bits per heavy atom. The third-order valence-electron chi connectivity index (χ3n) is 2.81. The molecule has 106 valence electrons. The first-order valence-electron chi connectivity index (χ1n) is 5.83. The Labute approximate surface area is 131 Å². The summed E-state index contributed by atoms with van der Waals surface area (Å²) in [5, 5.41) is 17.6. The van der Waals surface area contributed by atoms with Gasteiger partial charge in [-0.05, 0) is 35.9 Å². The van der Waals surface area contributed by atoms with Crippen molar-refractivity contribution >= 4 is 29.2 Å². The molecule has 1 heterocycles. The number of nitrogens with zero attached hydrogens (tertiary/aromatic N) is 3. The van der Waals surface area contributed by atoms with Gasteiger partial charge < -0.3 is 4.74 Å². The third kappa shape index (κ3) is 3.30. The van der Waals surface area contributed by atoms with E-state index in [1.54, 1.807) is 6.07 Å². The number of aromatic nitrogens is 2. The van der Waals surface area contributed by atoms with Gasteiger partial charge in [-0.3, -0.25) is 0 Å². The first kappa shape index (κ1) is 15.2. The van der Waals surface area contributed by atoms with Gasteiger partial charge in [-0.1, -0.05) is 23.2 Å². The summed E-state index contributed by atoms with van der Waals surface area (Å²) in [5.74, 6) is -1.27. The van der Waals surface area contributed by atoms with E-state index < -0.39 is 11.9 Å². The molecule has 1 aromatic heterocycles. The molecule has 1 aromatic carbocycles. The van der Waals surface area contributed by atoms with Gasteiger partial charge in [-0.15, -0.1) is 5.10 Å². The molecule has 0 aliphatic heterocycles. The summed E-state index contributed by atoms with van der Waals surface area (Å²) in [6, 6.07) is 9.80. The van der Waals surface area contributed by atoms with E-state index >= 15 is 0 Å². The molecule has 21 heavy (non-hydrogen) atoms. The molecule has 0 aliphatic rings. The molecule has 0 amide bonds. The number of halogens is 2. The number of esters is 1. The minimum absolute atomic E-state index is 0.227. The smallest absolute Gasteiger partial charge is 0.337 e. The van der Waals surface area contributed by atoms with Crippen LogP contribution in [-0.2, 0) is 4.74 Å². The molecular formula is C14H9Cl2N3O2. The number of hydrogen-bond acceptors (Lipinski definition) is 5. The van der Waals surface area contributed by atoms with Crippen LogP contribution in [0.2, 0.25) is 10.2 Å². The Hall–Kier alpha value is -2.16. The van der Waals surface area contributed by atoms with Gasteiger partial charge in [0.05, 0.1) is 24.4 Å². The molecule has 7 heteroatoms. The Bertz CT molecular complexity index is 711. The first-order chi connectivity index (χ1) is 10.1. The standard InChI is InChI=1S/C14H9Cl2N3O2/c1-21-14(20)8-2-3-11(15)9(6-8)10(7-17)12-4-5-13(16)19-18-12/h2-6,10H,1H3. The lowest BCUT2D eigenvalue weighted by Gasteiger charge is -2.11. The molecule has 0 bridgehead atoms. The van der Waals surface area contributed by atoms with Crippen molar-refractivity contribution in [2.45, 2.75) is 5.92 Å². The number of carbonyl (C=O) groups is 1. The van der Waals surface area contributed by atoms with Crippen molar-refractivity contribution in [2.24, 2.45) is 0 Å². The highest BCUT2D eigenvalue weighted by atomic mass is 35.5. The highest BCUT2D eigenvalue weighted by molar-refractivity contribution is 6.31. The van der Waals surface area contributed by atoms with Crippen LogP contribution in [0.15, 0.2) is 30.3 Å². The second-order valence-electron chi connectivity index (χ2n) is 4.07. The predicted octanol–water partition coefficient (Wildman–Crippen LogP) is 3.23. The Balaban J connectivity index is 2.49. The molecule has 1 atom stereocenters. The van der Waals surface area contributed by atoms with Gasteiger partial charge in [0.2, 0.25) is 0 Å².